The van der Waals surface area contributed by atoms with E-state index < -0.39 is 0 Å². The number of aromatic nitrogens is 4. The molecule has 3 heterocycles. The van der Waals surface area contributed by atoms with Crippen molar-refractivity contribution in [3.8, 4) is 0 Å². The zero-order valence-corrected chi connectivity index (χ0v) is 9.54. The lowest BCUT2D eigenvalue weighted by Gasteiger charge is -2.15. The van der Waals surface area contributed by atoms with E-state index in [4.69, 9.17) is 0 Å². The van der Waals surface area contributed by atoms with Gasteiger partial charge in [0.2, 0.25) is 0 Å². The van der Waals surface area contributed by atoms with E-state index in [1.165, 1.54) is 12.8 Å². The van der Waals surface area contributed by atoms with Gasteiger partial charge in [0.15, 0.2) is 11.3 Å². The van der Waals surface area contributed by atoms with Crippen molar-refractivity contribution in [1.29, 1.82) is 0 Å². The van der Waals surface area contributed by atoms with Gasteiger partial charge in [0.25, 0.3) is 0 Å². The number of hydrogen-bond acceptors (Lipinski definition) is 3. The highest BCUT2D eigenvalue weighted by atomic mass is 16.1. The maximum atomic E-state index is 11.0. The van der Waals surface area contributed by atoms with Gasteiger partial charge in [0.1, 0.15) is 5.82 Å². The molecule has 0 unspecified atom stereocenters. The zero-order valence-electron chi connectivity index (χ0n) is 9.54. The Kier molecular flexibility index (Phi) is 2.51. The van der Waals surface area contributed by atoms with Crippen LogP contribution in [0, 0.1) is 0 Å². The van der Waals surface area contributed by atoms with Crippen LogP contribution in [-0.2, 0) is 19.5 Å². The number of nitrogens with zero attached hydrogens (tertiary/aromatic N) is 4. The quantitative estimate of drug-likeness (QED) is 0.767. The third-order valence-electron chi connectivity index (χ3n) is 3.12. The molecule has 2 aromatic heterocycles. The average Bonchev–Trinajstić information content (AvgIpc) is 2.76. The summed E-state index contributed by atoms with van der Waals surface area (Å²) >= 11 is 0. The maximum Gasteiger partial charge on any atom is 0.181 e. The van der Waals surface area contributed by atoms with E-state index in [0.717, 1.165) is 24.6 Å². The molecule has 88 valence electrons. The summed E-state index contributed by atoms with van der Waals surface area (Å²) in [6.07, 6.45) is 7.00. The summed E-state index contributed by atoms with van der Waals surface area (Å²) in [6.45, 7) is 1.69. The van der Waals surface area contributed by atoms with E-state index in [0.29, 0.717) is 6.54 Å². The molecule has 0 saturated carbocycles. The summed E-state index contributed by atoms with van der Waals surface area (Å²) in [6, 6.07) is 3.13. The molecule has 0 radical (unpaired) electrons. The highest BCUT2D eigenvalue weighted by Gasteiger charge is 2.15. The minimum Gasteiger partial charge on any atom is -0.346 e. The van der Waals surface area contributed by atoms with Crippen molar-refractivity contribution in [2.45, 2.75) is 32.4 Å². The van der Waals surface area contributed by atoms with Crippen LogP contribution in [0.2, 0.25) is 0 Å². The summed E-state index contributed by atoms with van der Waals surface area (Å²) in [4.78, 5) is 11.0. The van der Waals surface area contributed by atoms with E-state index in [-0.39, 0.29) is 5.43 Å². The minimum atomic E-state index is 0.0320. The van der Waals surface area contributed by atoms with Gasteiger partial charge in [-0.1, -0.05) is 0 Å². The fourth-order valence-electron chi connectivity index (χ4n) is 2.20. The summed E-state index contributed by atoms with van der Waals surface area (Å²) in [7, 11) is 0. The molecule has 2 aromatic rings. The predicted octanol–water partition coefficient (Wildman–Crippen LogP) is 0.824. The molecule has 5 nitrogen and oxygen atoms in total. The van der Waals surface area contributed by atoms with Crippen LogP contribution in [0.3, 0.4) is 0 Å². The second-order valence-corrected chi connectivity index (χ2v) is 4.35. The number of rotatable bonds is 2. The first-order valence-electron chi connectivity index (χ1n) is 5.90. The van der Waals surface area contributed by atoms with E-state index in [1.807, 2.05) is 4.57 Å². The molecule has 0 N–H and O–H groups in total. The van der Waals surface area contributed by atoms with Crippen LogP contribution in [0.25, 0.3) is 0 Å². The van der Waals surface area contributed by atoms with Crippen LogP contribution in [0.1, 0.15) is 24.5 Å². The number of hydrogen-bond donors (Lipinski definition) is 0. The van der Waals surface area contributed by atoms with E-state index >= 15 is 0 Å². The molecule has 17 heavy (non-hydrogen) atoms. The van der Waals surface area contributed by atoms with Gasteiger partial charge in [0.05, 0.1) is 6.54 Å². The van der Waals surface area contributed by atoms with Crippen LogP contribution in [0.4, 0.5) is 0 Å². The summed E-state index contributed by atoms with van der Waals surface area (Å²) in [5.74, 6) is 2.07. The van der Waals surface area contributed by atoms with E-state index in [2.05, 4.69) is 14.8 Å². The highest BCUT2D eigenvalue weighted by Crippen LogP contribution is 2.14. The van der Waals surface area contributed by atoms with Gasteiger partial charge in [-0.25, -0.2) is 0 Å². The summed E-state index contributed by atoms with van der Waals surface area (Å²) in [5, 5.41) is 8.44. The standard InChI is InChI=1S/C12H14N4O/c17-10-4-7-15(8-5-10)9-12-14-13-11-3-1-2-6-16(11)12/h4-5,7-8H,1-3,6,9H2. The second kappa shape index (κ2) is 4.16. The Morgan fingerprint density at radius 1 is 1.18 bits per heavy atom. The van der Waals surface area contributed by atoms with Gasteiger partial charge in [-0.05, 0) is 12.8 Å². The first-order valence-corrected chi connectivity index (χ1v) is 5.90. The second-order valence-electron chi connectivity index (χ2n) is 4.35. The van der Waals surface area contributed by atoms with Crippen molar-refractivity contribution in [3.05, 3.63) is 46.4 Å². The number of pyridine rings is 1. The first-order chi connectivity index (χ1) is 8.33. The van der Waals surface area contributed by atoms with Crippen molar-refractivity contribution in [3.63, 3.8) is 0 Å². The zero-order chi connectivity index (χ0) is 11.7. The first kappa shape index (κ1) is 10.3. The SMILES string of the molecule is O=c1ccn(Cc2nnc3n2CCCC3)cc1. The lowest BCUT2D eigenvalue weighted by atomic mass is 10.2. The van der Waals surface area contributed by atoms with Gasteiger partial charge < -0.3 is 9.13 Å². The molecule has 1 aliphatic rings. The highest BCUT2D eigenvalue weighted by molar-refractivity contribution is 5.01. The molecule has 0 bridgehead atoms. The van der Waals surface area contributed by atoms with Crippen LogP contribution >= 0.6 is 0 Å². The molecule has 0 aliphatic carbocycles. The van der Waals surface area contributed by atoms with Crippen LogP contribution in [0.15, 0.2) is 29.3 Å². The number of fused-ring (bicyclic) bond motifs is 1. The Hall–Kier alpha value is -1.91. The van der Waals surface area contributed by atoms with Gasteiger partial charge >= 0.3 is 0 Å². The van der Waals surface area contributed by atoms with Gasteiger partial charge in [-0.3, -0.25) is 4.79 Å². The van der Waals surface area contributed by atoms with Gasteiger partial charge in [-0.15, -0.1) is 10.2 Å². The van der Waals surface area contributed by atoms with Crippen molar-refractivity contribution in [2.75, 3.05) is 0 Å². The van der Waals surface area contributed by atoms with Crippen molar-refractivity contribution < 1.29 is 0 Å². The van der Waals surface area contributed by atoms with Crippen LogP contribution < -0.4 is 5.43 Å². The Bertz CT molecular complexity index is 564. The van der Waals surface area contributed by atoms with Crippen molar-refractivity contribution >= 4 is 0 Å². The molecule has 0 amide bonds. The Morgan fingerprint density at radius 2 is 2.00 bits per heavy atom. The van der Waals surface area contributed by atoms with E-state index in [1.54, 1.807) is 24.5 Å². The molecule has 0 fully saturated rings. The normalized spacial score (nSPS) is 14.6. The lowest BCUT2D eigenvalue weighted by molar-refractivity contribution is 0.501. The molecule has 3 rings (SSSR count). The minimum absolute atomic E-state index is 0.0320. The Balaban J connectivity index is 1.87. The molecular formula is C12H14N4O. The van der Waals surface area contributed by atoms with E-state index in [9.17, 15) is 4.79 Å². The maximum absolute atomic E-state index is 11.0. The third kappa shape index (κ3) is 2.00. The van der Waals surface area contributed by atoms with Crippen LogP contribution in [0.5, 0.6) is 0 Å². The fraction of sp³-hybridized carbons (Fsp3) is 0.417. The predicted molar refractivity (Wildman–Crippen MR) is 62.8 cm³/mol. The summed E-state index contributed by atoms with van der Waals surface area (Å²) < 4.78 is 4.15. The fourth-order valence-corrected chi connectivity index (χ4v) is 2.20. The van der Waals surface area contributed by atoms with Crippen LogP contribution in [-0.4, -0.2) is 19.3 Å². The largest absolute Gasteiger partial charge is 0.346 e. The molecule has 5 heteroatoms. The van der Waals surface area contributed by atoms with Gasteiger partial charge in [0, 0.05) is 37.5 Å². The summed E-state index contributed by atoms with van der Waals surface area (Å²) in [5.41, 5.74) is 0.0320. The lowest BCUT2D eigenvalue weighted by Crippen LogP contribution is -2.15. The molecular weight excluding hydrogens is 216 g/mol. The Labute approximate surface area is 98.7 Å². The number of aryl methyl sites for hydroxylation is 1. The van der Waals surface area contributed by atoms with Gasteiger partial charge in [-0.2, -0.15) is 0 Å². The topological polar surface area (TPSA) is 52.7 Å². The monoisotopic (exact) mass is 230 g/mol. The smallest absolute Gasteiger partial charge is 0.181 e. The Morgan fingerprint density at radius 3 is 2.82 bits per heavy atom. The third-order valence-corrected chi connectivity index (χ3v) is 3.12. The molecule has 0 spiro atoms. The molecule has 0 aromatic carbocycles. The van der Waals surface area contributed by atoms with Crippen molar-refractivity contribution in [2.24, 2.45) is 0 Å². The molecule has 0 saturated heterocycles. The van der Waals surface area contributed by atoms with Crippen molar-refractivity contribution in [1.82, 2.24) is 19.3 Å². The molecule has 1 aliphatic heterocycles. The average molecular weight is 230 g/mol. The molecule has 0 atom stereocenters.